The quantitative estimate of drug-likeness (QED) is 0.670. The lowest BCUT2D eigenvalue weighted by atomic mass is 9.76. The Morgan fingerprint density at radius 3 is 2.76 bits per heavy atom. The van der Waals surface area contributed by atoms with E-state index >= 15 is 0 Å². The second kappa shape index (κ2) is 7.72. The Morgan fingerprint density at radius 1 is 1.44 bits per heavy atom. The van der Waals surface area contributed by atoms with Crippen LogP contribution in [0.25, 0.3) is 10.1 Å². The fraction of sp³-hybridized carbons (Fsp3) is 0.444. The lowest BCUT2D eigenvalue weighted by Gasteiger charge is -2.44. The molecule has 1 aromatic heterocycles. The van der Waals surface area contributed by atoms with Crippen LogP contribution in [0.4, 0.5) is 0 Å². The smallest absolute Gasteiger partial charge is 0.290 e. The molecule has 5 rings (SSSR count). The second-order valence-electron chi connectivity index (χ2n) is 6.48. The van der Waals surface area contributed by atoms with Gasteiger partial charge >= 0.3 is 0 Å². The number of hydrogen-bond donors (Lipinski definition) is 1. The number of nitriles is 1. The summed E-state index contributed by atoms with van der Waals surface area (Å²) < 4.78 is 5.29. The Kier molecular flexibility index (Phi) is 5.41. The molecule has 3 fully saturated rings. The summed E-state index contributed by atoms with van der Waals surface area (Å²) in [6.07, 6.45) is 3.09. The van der Waals surface area contributed by atoms with Gasteiger partial charge in [0.25, 0.3) is 6.47 Å². The number of Topliss-reactive ketones (excluding diaryl/α,β-unsaturated/α-hetero) is 1. The molecule has 3 saturated heterocycles. The molecule has 2 aromatic rings. The third-order valence-electron chi connectivity index (χ3n) is 5.10. The first-order valence-electron chi connectivity index (χ1n) is 8.29. The molecule has 6 nitrogen and oxygen atoms in total. The number of nitrogens with zero attached hydrogens (tertiary/aromatic N) is 3. The number of ketones is 1. The summed E-state index contributed by atoms with van der Waals surface area (Å²) >= 11 is 1.32. The predicted molar refractivity (Wildman–Crippen MR) is 94.6 cm³/mol. The number of piperidine rings is 3. The van der Waals surface area contributed by atoms with Gasteiger partial charge in [0, 0.05) is 18.4 Å². The van der Waals surface area contributed by atoms with Gasteiger partial charge in [-0.3, -0.25) is 9.59 Å². The molecule has 1 atom stereocenters. The van der Waals surface area contributed by atoms with Crippen LogP contribution in [-0.4, -0.2) is 46.3 Å². The minimum atomic E-state index is -0.250. The van der Waals surface area contributed by atoms with Crippen molar-refractivity contribution < 1.29 is 14.7 Å². The van der Waals surface area contributed by atoms with E-state index < -0.39 is 0 Å². The van der Waals surface area contributed by atoms with Crippen molar-refractivity contribution in [1.82, 2.24) is 9.27 Å². The van der Waals surface area contributed by atoms with E-state index in [1.807, 2.05) is 12.1 Å². The largest absolute Gasteiger partial charge is 0.483 e. The molecule has 0 radical (unpaired) electrons. The average molecular weight is 357 g/mol. The molecule has 1 aromatic carbocycles. The standard InChI is InChI=1S/C17H17N3OS.CH2O2/c18-9-11-1-2-14-16(7-11)22-19-17(14)15(21)8-13-10-20-5-3-12(13)4-6-20;2-1-3/h1-2,7,12-13H,3-6,8,10H2;1H,(H,2,3)/t13-;/m0./s1. The normalized spacial score (nSPS) is 24.2. The van der Waals surface area contributed by atoms with Crippen molar-refractivity contribution in [3.05, 3.63) is 29.5 Å². The molecule has 0 unspecified atom stereocenters. The summed E-state index contributed by atoms with van der Waals surface area (Å²) in [6.45, 7) is 3.22. The van der Waals surface area contributed by atoms with Crippen LogP contribution in [0.15, 0.2) is 18.2 Å². The fourth-order valence-electron chi connectivity index (χ4n) is 3.86. The van der Waals surface area contributed by atoms with Crippen molar-refractivity contribution in [2.24, 2.45) is 11.8 Å². The van der Waals surface area contributed by atoms with Crippen LogP contribution >= 0.6 is 11.5 Å². The topological polar surface area (TPSA) is 94.3 Å². The van der Waals surface area contributed by atoms with Gasteiger partial charge in [-0.2, -0.15) is 9.64 Å². The molecule has 2 bridgehead atoms. The molecule has 3 aliphatic rings. The van der Waals surface area contributed by atoms with E-state index in [-0.39, 0.29) is 12.3 Å². The molecule has 4 heterocycles. The van der Waals surface area contributed by atoms with Crippen molar-refractivity contribution in [2.45, 2.75) is 19.3 Å². The molecule has 7 heteroatoms. The van der Waals surface area contributed by atoms with Gasteiger partial charge in [-0.15, -0.1) is 0 Å². The third kappa shape index (κ3) is 3.70. The van der Waals surface area contributed by atoms with Gasteiger partial charge in [0.1, 0.15) is 5.69 Å². The average Bonchev–Trinajstić information content (AvgIpc) is 3.06. The number of rotatable bonds is 3. The number of carbonyl (C=O) groups excluding carboxylic acids is 1. The zero-order chi connectivity index (χ0) is 17.8. The van der Waals surface area contributed by atoms with Crippen LogP contribution in [0.1, 0.15) is 35.3 Å². The third-order valence-corrected chi connectivity index (χ3v) is 5.91. The van der Waals surface area contributed by atoms with E-state index in [9.17, 15) is 4.79 Å². The van der Waals surface area contributed by atoms with Gasteiger partial charge < -0.3 is 10.0 Å². The van der Waals surface area contributed by atoms with Crippen molar-refractivity contribution in [1.29, 1.82) is 5.26 Å². The highest BCUT2D eigenvalue weighted by Crippen LogP contribution is 2.35. The Bertz CT molecular complexity index is 819. The predicted octanol–water partition coefficient (Wildman–Crippen LogP) is 2.78. The van der Waals surface area contributed by atoms with Gasteiger partial charge in [-0.25, -0.2) is 0 Å². The summed E-state index contributed by atoms with van der Waals surface area (Å²) in [7, 11) is 0. The number of fused-ring (bicyclic) bond motifs is 4. The highest BCUT2D eigenvalue weighted by Gasteiger charge is 2.35. The SMILES string of the molecule is N#Cc1ccc2c(C(=O)C[C@H]3CN4CCC3CC4)nsc2c1.O=CO. The lowest BCUT2D eigenvalue weighted by Crippen LogP contribution is -2.47. The first-order valence-corrected chi connectivity index (χ1v) is 9.06. The molecular weight excluding hydrogens is 338 g/mol. The first-order chi connectivity index (χ1) is 12.2. The minimum Gasteiger partial charge on any atom is -0.483 e. The van der Waals surface area contributed by atoms with Crippen molar-refractivity contribution in [3.63, 3.8) is 0 Å². The maximum atomic E-state index is 12.7. The molecule has 0 saturated carbocycles. The van der Waals surface area contributed by atoms with E-state index in [4.69, 9.17) is 15.2 Å². The molecule has 0 spiro atoms. The van der Waals surface area contributed by atoms with Gasteiger partial charge in [0.05, 0.1) is 16.3 Å². The number of carboxylic acid groups (broad SMARTS) is 1. The molecule has 1 N–H and O–H groups in total. The zero-order valence-electron chi connectivity index (χ0n) is 13.7. The Morgan fingerprint density at radius 2 is 2.16 bits per heavy atom. The van der Waals surface area contributed by atoms with Crippen LogP contribution in [-0.2, 0) is 4.79 Å². The van der Waals surface area contributed by atoms with Gasteiger partial charge in [-0.1, -0.05) is 0 Å². The van der Waals surface area contributed by atoms with E-state index in [0.717, 1.165) is 16.6 Å². The molecule has 3 aliphatic heterocycles. The van der Waals surface area contributed by atoms with Gasteiger partial charge in [-0.05, 0) is 67.5 Å². The number of aromatic nitrogens is 1. The van der Waals surface area contributed by atoms with Gasteiger partial charge in [0.15, 0.2) is 5.78 Å². The van der Waals surface area contributed by atoms with E-state index in [1.54, 1.807) is 6.07 Å². The Balaban J connectivity index is 0.000000569. The molecular formula is C18H19N3O3S. The van der Waals surface area contributed by atoms with Crippen LogP contribution in [0.5, 0.6) is 0 Å². The molecule has 25 heavy (non-hydrogen) atoms. The maximum absolute atomic E-state index is 12.7. The van der Waals surface area contributed by atoms with Crippen LogP contribution in [0.3, 0.4) is 0 Å². The Labute approximate surface area is 149 Å². The number of benzene rings is 1. The zero-order valence-corrected chi connectivity index (χ0v) is 14.5. The monoisotopic (exact) mass is 357 g/mol. The maximum Gasteiger partial charge on any atom is 0.290 e. The molecule has 130 valence electrons. The second-order valence-corrected chi connectivity index (χ2v) is 7.29. The number of carbonyl (C=O) groups is 2. The van der Waals surface area contributed by atoms with Crippen molar-refractivity contribution >= 4 is 33.9 Å². The van der Waals surface area contributed by atoms with E-state index in [0.29, 0.717) is 29.5 Å². The van der Waals surface area contributed by atoms with Gasteiger partial charge in [0.2, 0.25) is 0 Å². The summed E-state index contributed by atoms with van der Waals surface area (Å²) in [5.41, 5.74) is 1.22. The van der Waals surface area contributed by atoms with E-state index in [1.165, 1.54) is 37.5 Å². The Hall–Kier alpha value is -2.30. The van der Waals surface area contributed by atoms with Crippen LogP contribution in [0.2, 0.25) is 0 Å². The fourth-order valence-corrected chi connectivity index (χ4v) is 4.69. The summed E-state index contributed by atoms with van der Waals surface area (Å²) in [6, 6.07) is 7.58. The minimum absolute atomic E-state index is 0.162. The lowest BCUT2D eigenvalue weighted by molar-refractivity contribution is -0.122. The highest BCUT2D eigenvalue weighted by atomic mass is 32.1. The molecule has 0 amide bonds. The first kappa shape index (κ1) is 17.5. The molecule has 0 aliphatic carbocycles. The van der Waals surface area contributed by atoms with E-state index in [2.05, 4.69) is 15.3 Å². The van der Waals surface area contributed by atoms with Crippen molar-refractivity contribution in [3.8, 4) is 6.07 Å². The van der Waals surface area contributed by atoms with Crippen LogP contribution < -0.4 is 0 Å². The number of hydrogen-bond acceptors (Lipinski definition) is 6. The van der Waals surface area contributed by atoms with Crippen LogP contribution in [0, 0.1) is 23.2 Å². The van der Waals surface area contributed by atoms with Crippen molar-refractivity contribution in [2.75, 3.05) is 19.6 Å². The highest BCUT2D eigenvalue weighted by molar-refractivity contribution is 7.13. The summed E-state index contributed by atoms with van der Waals surface area (Å²) in [5.74, 6) is 1.36. The summed E-state index contributed by atoms with van der Waals surface area (Å²) in [4.78, 5) is 23.5. The summed E-state index contributed by atoms with van der Waals surface area (Å²) in [5, 5.41) is 16.7.